The average Bonchev–Trinajstić information content (AvgIpc) is 3.02. The number of hydrogen-bond donors (Lipinski definition) is 0. The fraction of sp³-hybridized carbons (Fsp3) is 0.350. The molecule has 0 radical (unpaired) electrons. The van der Waals surface area contributed by atoms with Crippen LogP contribution >= 0.6 is 0 Å². The number of likely N-dealkylation sites (tertiary alicyclic amines) is 1. The van der Waals surface area contributed by atoms with E-state index in [-0.39, 0.29) is 29.4 Å². The normalized spacial score (nSPS) is 14.8. The van der Waals surface area contributed by atoms with E-state index in [1.165, 1.54) is 28.8 Å². The first-order valence-corrected chi connectivity index (χ1v) is 9.44. The van der Waals surface area contributed by atoms with E-state index in [0.717, 1.165) is 19.3 Å². The van der Waals surface area contributed by atoms with Crippen molar-refractivity contribution in [3.8, 4) is 17.0 Å². The lowest BCUT2D eigenvalue weighted by molar-refractivity contribution is -0.274. The van der Waals surface area contributed by atoms with Gasteiger partial charge in [0.2, 0.25) is 5.91 Å². The van der Waals surface area contributed by atoms with Gasteiger partial charge in [-0.05, 0) is 55.7 Å². The van der Waals surface area contributed by atoms with Crippen LogP contribution < -0.4 is 10.5 Å². The molecule has 10 heteroatoms. The van der Waals surface area contributed by atoms with Gasteiger partial charge in [-0.15, -0.1) is 13.2 Å². The van der Waals surface area contributed by atoms with Crippen LogP contribution in [-0.2, 0) is 11.3 Å². The molecule has 1 aliphatic heterocycles. The van der Waals surface area contributed by atoms with E-state index >= 15 is 0 Å². The molecule has 0 N–H and O–H groups in total. The number of rotatable bonds is 4. The molecule has 0 saturated carbocycles. The fourth-order valence-electron chi connectivity index (χ4n) is 3.45. The summed E-state index contributed by atoms with van der Waals surface area (Å²) in [5, 5.41) is 0. The lowest BCUT2D eigenvalue weighted by Gasteiger charge is -2.26. The van der Waals surface area contributed by atoms with Crippen LogP contribution in [0, 0.1) is 0 Å². The van der Waals surface area contributed by atoms with Crippen LogP contribution in [0.5, 0.6) is 5.75 Å². The molecule has 1 amide bonds. The molecule has 2 aromatic heterocycles. The molecule has 158 valence electrons. The molecule has 0 atom stereocenters. The van der Waals surface area contributed by atoms with E-state index in [2.05, 4.69) is 9.72 Å². The largest absolute Gasteiger partial charge is 0.573 e. The fourth-order valence-corrected chi connectivity index (χ4v) is 3.45. The van der Waals surface area contributed by atoms with Gasteiger partial charge in [-0.2, -0.15) is 0 Å². The van der Waals surface area contributed by atoms with E-state index in [0.29, 0.717) is 24.3 Å². The summed E-state index contributed by atoms with van der Waals surface area (Å²) in [5.41, 5.74) is 1.38. The number of alkyl halides is 3. The Morgan fingerprint density at radius 1 is 1.07 bits per heavy atom. The van der Waals surface area contributed by atoms with Gasteiger partial charge in [0.1, 0.15) is 12.3 Å². The average molecular weight is 421 g/mol. The number of fused-ring (bicyclic) bond motifs is 1. The number of oxazole rings is 1. The summed E-state index contributed by atoms with van der Waals surface area (Å²) in [6, 6.07) is 8.34. The molecular formula is C20H18F3N3O4. The number of carbonyl (C=O) groups is 1. The molecule has 3 heterocycles. The maximum atomic E-state index is 12.6. The van der Waals surface area contributed by atoms with Crippen LogP contribution in [0.3, 0.4) is 0 Å². The number of ether oxygens (including phenoxy) is 1. The van der Waals surface area contributed by atoms with E-state index < -0.39 is 12.1 Å². The van der Waals surface area contributed by atoms with Crippen molar-refractivity contribution in [1.29, 1.82) is 0 Å². The molecule has 0 aliphatic carbocycles. The van der Waals surface area contributed by atoms with Crippen molar-refractivity contribution in [2.75, 3.05) is 13.1 Å². The van der Waals surface area contributed by atoms with Crippen LogP contribution in [0.2, 0.25) is 0 Å². The molecule has 1 saturated heterocycles. The number of amides is 1. The number of carbonyl (C=O) groups excluding carboxylic acids is 1. The van der Waals surface area contributed by atoms with Gasteiger partial charge < -0.3 is 14.1 Å². The number of benzene rings is 1. The summed E-state index contributed by atoms with van der Waals surface area (Å²) in [6.07, 6.45) is -1.82. The third-order valence-corrected chi connectivity index (χ3v) is 4.90. The lowest BCUT2D eigenvalue weighted by atomic mass is 10.1. The summed E-state index contributed by atoms with van der Waals surface area (Å²) in [5.74, 6) is -1.21. The van der Waals surface area contributed by atoms with Gasteiger partial charge in [0.25, 0.3) is 0 Å². The van der Waals surface area contributed by atoms with Gasteiger partial charge in [-0.25, -0.2) is 14.3 Å². The Morgan fingerprint density at radius 3 is 2.43 bits per heavy atom. The van der Waals surface area contributed by atoms with Crippen molar-refractivity contribution in [2.24, 2.45) is 0 Å². The zero-order chi connectivity index (χ0) is 21.3. The Kier molecular flexibility index (Phi) is 5.23. The highest BCUT2D eigenvalue weighted by Crippen LogP contribution is 2.26. The minimum absolute atomic E-state index is 0.180. The Morgan fingerprint density at radius 2 is 1.77 bits per heavy atom. The Balaban J connectivity index is 1.61. The highest BCUT2D eigenvalue weighted by atomic mass is 19.4. The summed E-state index contributed by atoms with van der Waals surface area (Å²) in [6.45, 7) is 1.14. The molecule has 1 aromatic carbocycles. The second-order valence-electron chi connectivity index (χ2n) is 6.99. The SMILES string of the molecule is O=C(Cn1c(=O)oc2ccc(-c3ccc(OC(F)(F)F)cc3)nc21)N1CCCCC1. The van der Waals surface area contributed by atoms with Gasteiger partial charge in [0.05, 0.1) is 5.69 Å². The van der Waals surface area contributed by atoms with Crippen molar-refractivity contribution in [3.05, 3.63) is 46.9 Å². The third kappa shape index (κ3) is 4.32. The molecule has 0 bridgehead atoms. The third-order valence-electron chi connectivity index (χ3n) is 4.90. The van der Waals surface area contributed by atoms with Gasteiger partial charge >= 0.3 is 12.1 Å². The van der Waals surface area contributed by atoms with Crippen molar-refractivity contribution >= 4 is 17.1 Å². The summed E-state index contributed by atoms with van der Waals surface area (Å²) < 4.78 is 47.2. The maximum Gasteiger partial charge on any atom is 0.573 e. The zero-order valence-electron chi connectivity index (χ0n) is 15.8. The topological polar surface area (TPSA) is 77.6 Å². The number of piperidine rings is 1. The van der Waals surface area contributed by atoms with Crippen LogP contribution in [0.1, 0.15) is 19.3 Å². The van der Waals surface area contributed by atoms with E-state index in [4.69, 9.17) is 4.42 Å². The summed E-state index contributed by atoms with van der Waals surface area (Å²) in [4.78, 5) is 30.9. The first kappa shape index (κ1) is 20.0. The van der Waals surface area contributed by atoms with E-state index in [9.17, 15) is 22.8 Å². The monoisotopic (exact) mass is 421 g/mol. The van der Waals surface area contributed by atoms with E-state index in [1.807, 2.05) is 0 Å². The molecule has 1 fully saturated rings. The van der Waals surface area contributed by atoms with Crippen molar-refractivity contribution in [2.45, 2.75) is 32.2 Å². The van der Waals surface area contributed by atoms with Gasteiger partial charge in [0, 0.05) is 18.7 Å². The number of pyridine rings is 1. The summed E-state index contributed by atoms with van der Waals surface area (Å²) in [7, 11) is 0. The predicted octanol–water partition coefficient (Wildman–Crippen LogP) is 3.57. The van der Waals surface area contributed by atoms with Gasteiger partial charge in [-0.1, -0.05) is 0 Å². The van der Waals surface area contributed by atoms with Gasteiger partial charge in [0.15, 0.2) is 11.2 Å². The number of hydrogen-bond acceptors (Lipinski definition) is 5. The molecule has 3 aromatic rings. The Hall–Kier alpha value is -3.30. The van der Waals surface area contributed by atoms with Crippen molar-refractivity contribution < 1.29 is 27.1 Å². The van der Waals surface area contributed by atoms with E-state index in [1.54, 1.807) is 17.0 Å². The van der Waals surface area contributed by atoms with Gasteiger partial charge in [-0.3, -0.25) is 4.79 Å². The lowest BCUT2D eigenvalue weighted by Crippen LogP contribution is -2.39. The van der Waals surface area contributed by atoms with Crippen LogP contribution in [0.15, 0.2) is 45.6 Å². The quantitative estimate of drug-likeness (QED) is 0.644. The molecule has 7 nitrogen and oxygen atoms in total. The predicted molar refractivity (Wildman–Crippen MR) is 101 cm³/mol. The minimum Gasteiger partial charge on any atom is -0.406 e. The second kappa shape index (κ2) is 7.85. The second-order valence-corrected chi connectivity index (χ2v) is 6.99. The van der Waals surface area contributed by atoms with Crippen LogP contribution in [-0.4, -0.2) is 39.8 Å². The number of halogens is 3. The summed E-state index contributed by atoms with van der Waals surface area (Å²) >= 11 is 0. The zero-order valence-corrected chi connectivity index (χ0v) is 15.8. The molecule has 1 aliphatic rings. The molecule has 4 rings (SSSR count). The van der Waals surface area contributed by atoms with Crippen molar-refractivity contribution in [3.63, 3.8) is 0 Å². The molecular weight excluding hydrogens is 403 g/mol. The van der Waals surface area contributed by atoms with Crippen LogP contribution in [0.4, 0.5) is 13.2 Å². The highest BCUT2D eigenvalue weighted by Gasteiger charge is 2.31. The standard InChI is InChI=1S/C20H18F3N3O4/c21-20(22,23)30-14-6-4-13(5-7-14)15-8-9-16-18(24-15)26(19(28)29-16)12-17(27)25-10-2-1-3-11-25/h4-9H,1-3,10-12H2. The van der Waals surface area contributed by atoms with Crippen molar-refractivity contribution in [1.82, 2.24) is 14.5 Å². The maximum absolute atomic E-state index is 12.6. The molecule has 0 unspecified atom stereocenters. The number of nitrogens with zero attached hydrogens (tertiary/aromatic N) is 3. The smallest absolute Gasteiger partial charge is 0.406 e. The van der Waals surface area contributed by atoms with Crippen LogP contribution in [0.25, 0.3) is 22.5 Å². The highest BCUT2D eigenvalue weighted by molar-refractivity contribution is 5.79. The minimum atomic E-state index is -4.77. The Bertz CT molecular complexity index is 1110. The molecule has 0 spiro atoms. The number of aromatic nitrogens is 2. The first-order chi connectivity index (χ1) is 14.3. The first-order valence-electron chi connectivity index (χ1n) is 9.44. The molecule has 30 heavy (non-hydrogen) atoms. The Labute approximate surface area is 168 Å².